The first-order valence-electron chi connectivity index (χ1n) is 6.87. The summed E-state index contributed by atoms with van der Waals surface area (Å²) in [5.41, 5.74) is 0. The number of ether oxygens (including phenoxy) is 1. The summed E-state index contributed by atoms with van der Waals surface area (Å²) in [6, 6.07) is -0.384. The number of amides is 1. The van der Waals surface area contributed by atoms with Crippen LogP contribution in [0.3, 0.4) is 0 Å². The van der Waals surface area contributed by atoms with Gasteiger partial charge in [0, 0.05) is 18.9 Å². The zero-order valence-corrected chi connectivity index (χ0v) is 12.6. The molecule has 0 saturated heterocycles. The Morgan fingerprint density at radius 1 is 1.35 bits per heavy atom. The lowest BCUT2D eigenvalue weighted by Crippen LogP contribution is -2.42. The fourth-order valence-electron chi connectivity index (χ4n) is 1.93. The highest BCUT2D eigenvalue weighted by atomic mass is 16.5. The summed E-state index contributed by atoms with van der Waals surface area (Å²) in [7, 11) is 0. The van der Waals surface area contributed by atoms with E-state index in [1.807, 2.05) is 13.8 Å². The number of hydrogen-bond acceptors (Lipinski definition) is 4. The molecule has 1 atom stereocenters. The third-order valence-electron chi connectivity index (χ3n) is 2.85. The number of esters is 1. The second-order valence-corrected chi connectivity index (χ2v) is 5.10. The van der Waals surface area contributed by atoms with Gasteiger partial charge in [-0.05, 0) is 19.8 Å². The molecule has 0 spiro atoms. The summed E-state index contributed by atoms with van der Waals surface area (Å²) in [6.45, 7) is 8.39. The van der Waals surface area contributed by atoms with Crippen LogP contribution in [-0.2, 0) is 14.3 Å². The Bertz CT molecular complexity index is 429. The molecule has 1 unspecified atom stereocenters. The Balaban J connectivity index is 2.76. The van der Waals surface area contributed by atoms with Crippen molar-refractivity contribution in [2.24, 2.45) is 5.92 Å². The molecule has 0 N–H and O–H groups in total. The Labute approximate surface area is 119 Å². The normalized spacial score (nSPS) is 12.2. The molecule has 0 bridgehead atoms. The standard InChI is InChI=1S/C14H23N3O3/c1-5-20-13(18)9-17(8-11(2)3)14(19)12(4)16-7-6-15-10-16/h6-7,10-12H,5,8-9H2,1-4H3. The summed E-state index contributed by atoms with van der Waals surface area (Å²) in [4.78, 5) is 29.6. The van der Waals surface area contributed by atoms with Crippen molar-refractivity contribution in [1.82, 2.24) is 14.5 Å². The fraction of sp³-hybridized carbons (Fsp3) is 0.643. The van der Waals surface area contributed by atoms with Crippen LogP contribution in [0.15, 0.2) is 18.7 Å². The van der Waals surface area contributed by atoms with E-state index in [1.54, 1.807) is 42.0 Å². The van der Waals surface area contributed by atoms with E-state index < -0.39 is 0 Å². The van der Waals surface area contributed by atoms with E-state index in [0.717, 1.165) is 0 Å². The maximum atomic E-state index is 12.5. The summed E-state index contributed by atoms with van der Waals surface area (Å²) in [5, 5.41) is 0. The van der Waals surface area contributed by atoms with Gasteiger partial charge in [-0.3, -0.25) is 9.59 Å². The van der Waals surface area contributed by atoms with Crippen molar-refractivity contribution >= 4 is 11.9 Å². The molecule has 6 nitrogen and oxygen atoms in total. The molecule has 1 rings (SSSR count). The quantitative estimate of drug-likeness (QED) is 0.710. The van der Waals surface area contributed by atoms with Crippen molar-refractivity contribution in [2.75, 3.05) is 19.7 Å². The number of nitrogens with zero attached hydrogens (tertiary/aromatic N) is 3. The van der Waals surface area contributed by atoms with Crippen molar-refractivity contribution < 1.29 is 14.3 Å². The first-order valence-corrected chi connectivity index (χ1v) is 6.87. The lowest BCUT2D eigenvalue weighted by molar-refractivity contribution is -0.150. The maximum Gasteiger partial charge on any atom is 0.325 e. The van der Waals surface area contributed by atoms with Crippen LogP contribution in [0.5, 0.6) is 0 Å². The number of carbonyl (C=O) groups excluding carboxylic acids is 2. The van der Waals surface area contributed by atoms with Crippen molar-refractivity contribution in [3.63, 3.8) is 0 Å². The van der Waals surface area contributed by atoms with Gasteiger partial charge in [-0.15, -0.1) is 0 Å². The second-order valence-electron chi connectivity index (χ2n) is 5.10. The highest BCUT2D eigenvalue weighted by molar-refractivity contribution is 5.84. The van der Waals surface area contributed by atoms with Gasteiger partial charge in [0.2, 0.25) is 5.91 Å². The van der Waals surface area contributed by atoms with Crippen LogP contribution in [0, 0.1) is 5.92 Å². The molecule has 6 heteroatoms. The zero-order chi connectivity index (χ0) is 15.1. The molecule has 0 aromatic carbocycles. The molecule has 1 aromatic rings. The Morgan fingerprint density at radius 3 is 2.55 bits per heavy atom. The number of imidazole rings is 1. The minimum Gasteiger partial charge on any atom is -0.465 e. The topological polar surface area (TPSA) is 64.4 Å². The van der Waals surface area contributed by atoms with Gasteiger partial charge < -0.3 is 14.2 Å². The van der Waals surface area contributed by atoms with E-state index in [2.05, 4.69) is 4.98 Å². The maximum absolute atomic E-state index is 12.5. The molecule has 0 saturated carbocycles. The monoisotopic (exact) mass is 281 g/mol. The molecule has 0 aliphatic rings. The van der Waals surface area contributed by atoms with E-state index in [1.165, 1.54) is 0 Å². The summed E-state index contributed by atoms with van der Waals surface area (Å²) < 4.78 is 6.65. The Morgan fingerprint density at radius 2 is 2.05 bits per heavy atom. The smallest absolute Gasteiger partial charge is 0.325 e. The number of rotatable bonds is 7. The molecular formula is C14H23N3O3. The molecule has 1 aromatic heterocycles. The average Bonchev–Trinajstić information content (AvgIpc) is 2.89. The van der Waals surface area contributed by atoms with Crippen molar-refractivity contribution in [1.29, 1.82) is 0 Å². The molecule has 0 radical (unpaired) electrons. The predicted molar refractivity (Wildman–Crippen MR) is 75.0 cm³/mol. The van der Waals surface area contributed by atoms with E-state index in [9.17, 15) is 9.59 Å². The zero-order valence-electron chi connectivity index (χ0n) is 12.6. The molecule has 112 valence electrons. The summed E-state index contributed by atoms with van der Waals surface area (Å²) in [5.74, 6) is -0.201. The number of carbonyl (C=O) groups is 2. The summed E-state index contributed by atoms with van der Waals surface area (Å²) >= 11 is 0. The molecule has 0 aliphatic heterocycles. The van der Waals surface area contributed by atoms with Crippen LogP contribution in [-0.4, -0.2) is 46.0 Å². The van der Waals surface area contributed by atoms with Gasteiger partial charge >= 0.3 is 5.97 Å². The lowest BCUT2D eigenvalue weighted by Gasteiger charge is -2.27. The second kappa shape index (κ2) is 7.67. The van der Waals surface area contributed by atoms with Crippen LogP contribution < -0.4 is 0 Å². The average molecular weight is 281 g/mol. The van der Waals surface area contributed by atoms with Gasteiger partial charge in [0.1, 0.15) is 12.6 Å². The highest BCUT2D eigenvalue weighted by Gasteiger charge is 2.24. The van der Waals surface area contributed by atoms with Gasteiger partial charge in [0.15, 0.2) is 0 Å². The van der Waals surface area contributed by atoms with Crippen LogP contribution in [0.1, 0.15) is 33.7 Å². The molecule has 0 aliphatic carbocycles. The van der Waals surface area contributed by atoms with Crippen molar-refractivity contribution in [3.05, 3.63) is 18.7 Å². The van der Waals surface area contributed by atoms with Gasteiger partial charge in [0.05, 0.1) is 12.9 Å². The minimum atomic E-state index is -0.384. The largest absolute Gasteiger partial charge is 0.465 e. The summed E-state index contributed by atoms with van der Waals surface area (Å²) in [6.07, 6.45) is 4.96. The van der Waals surface area contributed by atoms with Gasteiger partial charge in [0.25, 0.3) is 0 Å². The van der Waals surface area contributed by atoms with Crippen LogP contribution in [0.25, 0.3) is 0 Å². The van der Waals surface area contributed by atoms with E-state index in [0.29, 0.717) is 13.2 Å². The predicted octanol–water partition coefficient (Wildman–Crippen LogP) is 1.49. The van der Waals surface area contributed by atoms with Crippen LogP contribution >= 0.6 is 0 Å². The van der Waals surface area contributed by atoms with Gasteiger partial charge in [-0.25, -0.2) is 4.98 Å². The molecule has 20 heavy (non-hydrogen) atoms. The van der Waals surface area contributed by atoms with Crippen LogP contribution in [0.4, 0.5) is 0 Å². The van der Waals surface area contributed by atoms with Gasteiger partial charge in [-0.1, -0.05) is 13.8 Å². The van der Waals surface area contributed by atoms with Gasteiger partial charge in [-0.2, -0.15) is 0 Å². The first-order chi connectivity index (χ1) is 9.45. The fourth-order valence-corrected chi connectivity index (χ4v) is 1.93. The third kappa shape index (κ3) is 4.68. The Kier molecular flexibility index (Phi) is 6.21. The SMILES string of the molecule is CCOC(=O)CN(CC(C)C)C(=O)C(C)n1ccnc1. The third-order valence-corrected chi connectivity index (χ3v) is 2.85. The van der Waals surface area contributed by atoms with Crippen LogP contribution in [0.2, 0.25) is 0 Å². The van der Waals surface area contributed by atoms with Crippen molar-refractivity contribution in [3.8, 4) is 0 Å². The number of hydrogen-bond donors (Lipinski definition) is 0. The number of aromatic nitrogens is 2. The van der Waals surface area contributed by atoms with E-state index >= 15 is 0 Å². The Hall–Kier alpha value is -1.85. The molecule has 0 fully saturated rings. The van der Waals surface area contributed by atoms with E-state index in [-0.39, 0.29) is 30.4 Å². The molecular weight excluding hydrogens is 258 g/mol. The molecule has 1 amide bonds. The van der Waals surface area contributed by atoms with Crippen molar-refractivity contribution in [2.45, 2.75) is 33.7 Å². The lowest BCUT2D eigenvalue weighted by atomic mass is 10.2. The van der Waals surface area contributed by atoms with E-state index in [4.69, 9.17) is 4.74 Å². The first kappa shape index (κ1) is 16.2. The molecule has 1 heterocycles. The highest BCUT2D eigenvalue weighted by Crippen LogP contribution is 2.11. The minimum absolute atomic E-state index is 0.0100.